The molecule has 0 aliphatic heterocycles. The van der Waals surface area contributed by atoms with Crippen molar-refractivity contribution in [1.82, 2.24) is 4.57 Å². The second kappa shape index (κ2) is 4.47. The lowest BCUT2D eigenvalue weighted by Gasteiger charge is -2.04. The summed E-state index contributed by atoms with van der Waals surface area (Å²) in [6.45, 7) is 2.35. The van der Waals surface area contributed by atoms with Crippen molar-refractivity contribution in [1.29, 1.82) is 0 Å². The van der Waals surface area contributed by atoms with Gasteiger partial charge in [-0.15, -0.1) is 0 Å². The molecule has 0 amide bonds. The van der Waals surface area contributed by atoms with Crippen LogP contribution in [0.25, 0.3) is 10.9 Å². The minimum atomic E-state index is -0.223. The van der Waals surface area contributed by atoms with Crippen LogP contribution in [0, 0.1) is 5.82 Å². The molecule has 0 saturated heterocycles. The SMILES string of the molecule is CC(=O)CCCn1ccc2ccc(F)cc21. The van der Waals surface area contributed by atoms with E-state index >= 15 is 0 Å². The van der Waals surface area contributed by atoms with Crippen LogP contribution in [-0.2, 0) is 11.3 Å². The Balaban J connectivity index is 2.17. The number of hydrogen-bond donors (Lipinski definition) is 0. The monoisotopic (exact) mass is 219 g/mol. The van der Waals surface area contributed by atoms with Crippen molar-refractivity contribution in [2.75, 3.05) is 0 Å². The number of aromatic nitrogens is 1. The summed E-state index contributed by atoms with van der Waals surface area (Å²) in [4.78, 5) is 10.8. The second-order valence-electron chi connectivity index (χ2n) is 4.02. The Hall–Kier alpha value is -1.64. The molecule has 0 unspecified atom stereocenters. The van der Waals surface area contributed by atoms with E-state index in [1.807, 2.05) is 16.8 Å². The first kappa shape index (κ1) is 10.9. The molecule has 0 atom stereocenters. The molecule has 1 aromatic carbocycles. The Morgan fingerprint density at radius 2 is 2.19 bits per heavy atom. The Bertz CT molecular complexity index is 516. The standard InChI is InChI=1S/C13H14FNO/c1-10(16)3-2-7-15-8-6-11-4-5-12(14)9-13(11)15/h4-6,8-9H,2-3,7H2,1H3. The molecule has 1 heterocycles. The first-order chi connectivity index (χ1) is 7.66. The van der Waals surface area contributed by atoms with Gasteiger partial charge in [0.2, 0.25) is 0 Å². The molecule has 0 spiro atoms. The van der Waals surface area contributed by atoms with E-state index < -0.39 is 0 Å². The van der Waals surface area contributed by atoms with Crippen LogP contribution in [0.5, 0.6) is 0 Å². The van der Waals surface area contributed by atoms with Gasteiger partial charge in [-0.1, -0.05) is 0 Å². The van der Waals surface area contributed by atoms with E-state index in [1.54, 1.807) is 13.0 Å². The summed E-state index contributed by atoms with van der Waals surface area (Å²) in [6, 6.07) is 6.72. The van der Waals surface area contributed by atoms with Crippen LogP contribution in [0.4, 0.5) is 4.39 Å². The molecule has 0 N–H and O–H groups in total. The third-order valence-electron chi connectivity index (χ3n) is 2.66. The summed E-state index contributed by atoms with van der Waals surface area (Å²) in [6.07, 6.45) is 3.31. The van der Waals surface area contributed by atoms with Crippen molar-refractivity contribution in [2.45, 2.75) is 26.3 Å². The van der Waals surface area contributed by atoms with Crippen molar-refractivity contribution in [2.24, 2.45) is 0 Å². The molecule has 16 heavy (non-hydrogen) atoms. The number of nitrogens with zero attached hydrogens (tertiary/aromatic N) is 1. The number of carbonyl (C=O) groups excluding carboxylic acids is 1. The van der Waals surface area contributed by atoms with Crippen LogP contribution in [-0.4, -0.2) is 10.4 Å². The van der Waals surface area contributed by atoms with E-state index in [0.717, 1.165) is 23.9 Å². The maximum atomic E-state index is 13.1. The first-order valence-electron chi connectivity index (χ1n) is 5.40. The van der Waals surface area contributed by atoms with Crippen LogP contribution in [0.15, 0.2) is 30.5 Å². The van der Waals surface area contributed by atoms with Gasteiger partial charge < -0.3 is 9.36 Å². The van der Waals surface area contributed by atoms with Crippen molar-refractivity contribution in [3.63, 3.8) is 0 Å². The number of aryl methyl sites for hydroxylation is 1. The lowest BCUT2D eigenvalue weighted by atomic mass is 10.2. The van der Waals surface area contributed by atoms with Gasteiger partial charge in [0.25, 0.3) is 0 Å². The van der Waals surface area contributed by atoms with Crippen molar-refractivity contribution < 1.29 is 9.18 Å². The number of halogens is 1. The summed E-state index contributed by atoms with van der Waals surface area (Å²) in [5.41, 5.74) is 0.892. The zero-order valence-electron chi connectivity index (χ0n) is 9.24. The molecule has 2 nitrogen and oxygen atoms in total. The van der Waals surface area contributed by atoms with E-state index in [1.165, 1.54) is 12.1 Å². The summed E-state index contributed by atoms with van der Waals surface area (Å²) in [5, 5.41) is 1.03. The molecule has 2 rings (SSSR count). The van der Waals surface area contributed by atoms with Gasteiger partial charge in [-0.25, -0.2) is 4.39 Å². The zero-order valence-corrected chi connectivity index (χ0v) is 9.24. The molecule has 0 radical (unpaired) electrons. The van der Waals surface area contributed by atoms with Gasteiger partial charge in [-0.2, -0.15) is 0 Å². The molecule has 3 heteroatoms. The van der Waals surface area contributed by atoms with Gasteiger partial charge in [-0.3, -0.25) is 0 Å². The molecule has 1 aromatic heterocycles. The number of hydrogen-bond acceptors (Lipinski definition) is 1. The van der Waals surface area contributed by atoms with E-state index in [4.69, 9.17) is 0 Å². The summed E-state index contributed by atoms with van der Waals surface area (Å²) >= 11 is 0. The average Bonchev–Trinajstić information content (AvgIpc) is 2.60. The van der Waals surface area contributed by atoms with E-state index in [2.05, 4.69) is 0 Å². The average molecular weight is 219 g/mol. The number of rotatable bonds is 4. The predicted molar refractivity (Wildman–Crippen MR) is 61.8 cm³/mol. The van der Waals surface area contributed by atoms with Crippen LogP contribution in [0.1, 0.15) is 19.8 Å². The minimum Gasteiger partial charge on any atom is -0.347 e. The maximum Gasteiger partial charge on any atom is 0.129 e. The Labute approximate surface area is 93.7 Å². The fraction of sp³-hybridized carbons (Fsp3) is 0.308. The van der Waals surface area contributed by atoms with Crippen molar-refractivity contribution >= 4 is 16.7 Å². The van der Waals surface area contributed by atoms with Crippen LogP contribution in [0.3, 0.4) is 0 Å². The quantitative estimate of drug-likeness (QED) is 0.774. The largest absolute Gasteiger partial charge is 0.347 e. The summed E-state index contributed by atoms with van der Waals surface area (Å²) < 4.78 is 15.1. The lowest BCUT2D eigenvalue weighted by Crippen LogP contribution is -1.99. The van der Waals surface area contributed by atoms with Crippen LogP contribution in [0.2, 0.25) is 0 Å². The van der Waals surface area contributed by atoms with E-state index in [9.17, 15) is 9.18 Å². The molecule has 2 aromatic rings. The first-order valence-corrected chi connectivity index (χ1v) is 5.40. The van der Waals surface area contributed by atoms with Gasteiger partial charge in [0, 0.05) is 19.2 Å². The van der Waals surface area contributed by atoms with E-state index in [-0.39, 0.29) is 11.6 Å². The highest BCUT2D eigenvalue weighted by Gasteiger charge is 2.02. The maximum absolute atomic E-state index is 13.1. The Kier molecular flexibility index (Phi) is 3.04. The van der Waals surface area contributed by atoms with Gasteiger partial charge in [0.15, 0.2) is 0 Å². The number of carbonyl (C=O) groups is 1. The number of fused-ring (bicyclic) bond motifs is 1. The van der Waals surface area contributed by atoms with Gasteiger partial charge in [-0.05, 0) is 43.0 Å². The normalized spacial score (nSPS) is 10.9. The van der Waals surface area contributed by atoms with Crippen molar-refractivity contribution in [3.8, 4) is 0 Å². The second-order valence-corrected chi connectivity index (χ2v) is 4.02. The van der Waals surface area contributed by atoms with Gasteiger partial charge >= 0.3 is 0 Å². The third kappa shape index (κ3) is 2.30. The number of Topliss-reactive ketones (excluding diaryl/α,β-unsaturated/α-hetero) is 1. The van der Waals surface area contributed by atoms with Gasteiger partial charge in [0.1, 0.15) is 11.6 Å². The zero-order chi connectivity index (χ0) is 11.5. The molecule has 0 aliphatic rings. The fourth-order valence-electron chi connectivity index (χ4n) is 1.85. The highest BCUT2D eigenvalue weighted by Crippen LogP contribution is 2.17. The fourth-order valence-corrected chi connectivity index (χ4v) is 1.85. The molecule has 0 bridgehead atoms. The number of ketones is 1. The number of benzene rings is 1. The van der Waals surface area contributed by atoms with Crippen LogP contribution >= 0.6 is 0 Å². The van der Waals surface area contributed by atoms with E-state index in [0.29, 0.717) is 6.42 Å². The molecule has 0 fully saturated rings. The Morgan fingerprint density at radius 1 is 1.38 bits per heavy atom. The smallest absolute Gasteiger partial charge is 0.129 e. The molecule has 0 saturated carbocycles. The third-order valence-corrected chi connectivity index (χ3v) is 2.66. The molecular formula is C13H14FNO. The van der Waals surface area contributed by atoms with Crippen molar-refractivity contribution in [3.05, 3.63) is 36.3 Å². The highest BCUT2D eigenvalue weighted by atomic mass is 19.1. The van der Waals surface area contributed by atoms with Crippen LogP contribution < -0.4 is 0 Å². The topological polar surface area (TPSA) is 22.0 Å². The molecular weight excluding hydrogens is 205 g/mol. The lowest BCUT2D eigenvalue weighted by molar-refractivity contribution is -0.117. The van der Waals surface area contributed by atoms with Gasteiger partial charge in [0.05, 0.1) is 5.52 Å². The molecule has 0 aliphatic carbocycles. The highest BCUT2D eigenvalue weighted by molar-refractivity contribution is 5.80. The molecule has 84 valence electrons. The summed E-state index contributed by atoms with van der Waals surface area (Å²) in [5.74, 6) is -0.0262. The predicted octanol–water partition coefficient (Wildman–Crippen LogP) is 3.15. The Morgan fingerprint density at radius 3 is 2.94 bits per heavy atom. The summed E-state index contributed by atoms with van der Waals surface area (Å²) in [7, 11) is 0. The minimum absolute atomic E-state index is 0.197.